The zero-order chi connectivity index (χ0) is 28.3. The van der Waals surface area contributed by atoms with Crippen molar-refractivity contribution in [3.05, 3.63) is 68.5 Å². The number of para-hydroxylation sites is 1. The predicted octanol–water partition coefficient (Wildman–Crippen LogP) is 6.31. The van der Waals surface area contributed by atoms with E-state index in [9.17, 15) is 9.90 Å². The minimum Gasteiger partial charge on any atom is -0.477 e. The molecule has 1 aromatic carbocycles. The van der Waals surface area contributed by atoms with Crippen LogP contribution in [0.2, 0.25) is 10.0 Å². The molecule has 3 aromatic heterocycles. The highest BCUT2D eigenvalue weighted by Gasteiger charge is 2.43. The van der Waals surface area contributed by atoms with E-state index < -0.39 is 11.8 Å². The van der Waals surface area contributed by atoms with Crippen LogP contribution in [0.5, 0.6) is 11.5 Å². The predicted molar refractivity (Wildman–Crippen MR) is 155 cm³/mol. The average molecular weight is 616 g/mol. The van der Waals surface area contributed by atoms with Gasteiger partial charge in [-0.05, 0) is 56.5 Å². The van der Waals surface area contributed by atoms with Gasteiger partial charge in [0.25, 0.3) is 5.79 Å². The topological polar surface area (TPSA) is 98.9 Å². The minimum atomic E-state index is -1.14. The molecule has 0 aliphatic carbocycles. The summed E-state index contributed by atoms with van der Waals surface area (Å²) in [6, 6.07) is 9.41. The van der Waals surface area contributed by atoms with Gasteiger partial charge in [0.05, 0.1) is 34.8 Å². The average Bonchev–Trinajstić information content (AvgIpc) is 3.57. The summed E-state index contributed by atoms with van der Waals surface area (Å²) in [5.41, 5.74) is 2.49. The van der Waals surface area contributed by atoms with Crippen LogP contribution in [-0.4, -0.2) is 56.3 Å². The van der Waals surface area contributed by atoms with Crippen molar-refractivity contribution >= 4 is 50.9 Å². The number of carboxylic acid groups (broad SMARTS) is 1. The van der Waals surface area contributed by atoms with Crippen LogP contribution in [0.4, 0.5) is 0 Å². The molecule has 0 spiro atoms. The molecule has 2 fully saturated rings. The summed E-state index contributed by atoms with van der Waals surface area (Å²) < 4.78 is 20.5. The van der Waals surface area contributed by atoms with Crippen molar-refractivity contribution in [3.8, 4) is 11.5 Å². The molecular formula is C29H28Cl2N4O5S. The number of nitrogens with zero attached hydrogens (tertiary/aromatic N) is 4. The molecule has 41 heavy (non-hydrogen) atoms. The maximum absolute atomic E-state index is 11.5. The van der Waals surface area contributed by atoms with Gasteiger partial charge >= 0.3 is 5.97 Å². The van der Waals surface area contributed by atoms with Crippen LogP contribution < -0.4 is 9.47 Å². The Kier molecular flexibility index (Phi) is 6.86. The highest BCUT2D eigenvalue weighted by atomic mass is 35.5. The zero-order valence-electron chi connectivity index (χ0n) is 22.3. The molecule has 0 saturated carbocycles. The highest BCUT2D eigenvalue weighted by Crippen LogP contribution is 2.50. The number of aromatic nitrogens is 3. The molecular weight excluding hydrogens is 587 g/mol. The van der Waals surface area contributed by atoms with E-state index in [2.05, 4.69) is 20.5 Å². The molecule has 0 radical (unpaired) electrons. The fourth-order valence-corrected chi connectivity index (χ4v) is 7.38. The van der Waals surface area contributed by atoms with Crippen LogP contribution in [0.3, 0.4) is 0 Å². The molecule has 1 N–H and O–H groups in total. The molecule has 6 heterocycles. The number of carbonyl (C=O) groups is 1. The van der Waals surface area contributed by atoms with E-state index in [1.165, 1.54) is 11.3 Å². The van der Waals surface area contributed by atoms with E-state index in [1.807, 2.05) is 19.1 Å². The first kappa shape index (κ1) is 27.0. The summed E-state index contributed by atoms with van der Waals surface area (Å²) in [6.07, 6.45) is 4.61. The number of ether oxygens (including phenoxy) is 3. The molecule has 2 saturated heterocycles. The molecule has 4 aromatic rings. The molecule has 0 amide bonds. The first-order valence-corrected chi connectivity index (χ1v) is 15.2. The maximum atomic E-state index is 11.5. The van der Waals surface area contributed by atoms with Crippen LogP contribution in [0.1, 0.15) is 58.9 Å². The van der Waals surface area contributed by atoms with Crippen LogP contribution in [0.15, 0.2) is 36.5 Å². The molecule has 0 bridgehead atoms. The van der Waals surface area contributed by atoms with E-state index >= 15 is 0 Å². The number of hydrogen-bond acceptors (Lipinski definition) is 8. The van der Waals surface area contributed by atoms with Gasteiger partial charge in [-0.15, -0.1) is 11.3 Å². The summed E-state index contributed by atoms with van der Waals surface area (Å²) in [4.78, 5) is 24.3. The second-order valence-corrected chi connectivity index (χ2v) is 12.8. The van der Waals surface area contributed by atoms with Gasteiger partial charge in [0, 0.05) is 25.3 Å². The van der Waals surface area contributed by atoms with E-state index in [1.54, 1.807) is 18.3 Å². The lowest BCUT2D eigenvalue weighted by atomic mass is 9.88. The van der Waals surface area contributed by atoms with E-state index in [0.29, 0.717) is 45.4 Å². The monoisotopic (exact) mass is 614 g/mol. The molecule has 2 atom stereocenters. The van der Waals surface area contributed by atoms with E-state index in [0.717, 1.165) is 66.4 Å². The number of pyridine rings is 1. The third-order valence-corrected chi connectivity index (χ3v) is 9.66. The second kappa shape index (κ2) is 10.4. The van der Waals surface area contributed by atoms with Crippen molar-refractivity contribution in [3.63, 3.8) is 0 Å². The summed E-state index contributed by atoms with van der Waals surface area (Å²) in [5.74, 6) is 0.629. The Morgan fingerprint density at radius 2 is 2.00 bits per heavy atom. The molecule has 3 aliphatic heterocycles. The van der Waals surface area contributed by atoms with Crippen LogP contribution in [0.25, 0.3) is 10.3 Å². The lowest BCUT2D eigenvalue weighted by Gasteiger charge is -2.33. The van der Waals surface area contributed by atoms with Gasteiger partial charge in [-0.25, -0.2) is 14.8 Å². The number of halogens is 2. The molecule has 12 heteroatoms. The number of piperidine rings is 1. The van der Waals surface area contributed by atoms with Crippen molar-refractivity contribution in [2.75, 3.05) is 19.7 Å². The Balaban J connectivity index is 1.07. The largest absolute Gasteiger partial charge is 0.477 e. The van der Waals surface area contributed by atoms with Gasteiger partial charge in [-0.2, -0.15) is 0 Å². The highest BCUT2D eigenvalue weighted by molar-refractivity contribution is 7.20. The maximum Gasteiger partial charge on any atom is 0.346 e. The first-order chi connectivity index (χ1) is 19.8. The van der Waals surface area contributed by atoms with Crippen LogP contribution in [-0.2, 0) is 23.6 Å². The quantitative estimate of drug-likeness (QED) is 0.258. The minimum absolute atomic E-state index is 0.149. The molecule has 214 valence electrons. The van der Waals surface area contributed by atoms with Gasteiger partial charge in [-0.1, -0.05) is 35.3 Å². The third kappa shape index (κ3) is 4.95. The van der Waals surface area contributed by atoms with Gasteiger partial charge in [0.15, 0.2) is 11.5 Å². The van der Waals surface area contributed by atoms with Crippen molar-refractivity contribution < 1.29 is 24.1 Å². The Bertz CT molecular complexity index is 1650. The van der Waals surface area contributed by atoms with Gasteiger partial charge in [-0.3, -0.25) is 4.90 Å². The Hall–Kier alpha value is -2.89. The standard InChI is InChI=1S/C29H28Cl2N4O5S/c1-29(26-20(31)11-17(30)13-32-26)39-22-4-2-3-19(25(22)40-29)16-5-8-34(9-6-16)15-24-33-27-21(12-23(41-27)28(36)37)35(24)14-18-7-10-38-18/h2-4,11-13,16,18H,5-10,14-15H2,1H3,(H,36,37)/t18-,29+/m0/s1. The number of benzene rings is 1. The van der Waals surface area contributed by atoms with Gasteiger partial charge in [0.1, 0.15) is 21.2 Å². The van der Waals surface area contributed by atoms with Crippen LogP contribution >= 0.6 is 34.5 Å². The lowest BCUT2D eigenvalue weighted by Crippen LogP contribution is -2.35. The fraction of sp³-hybridized carbons (Fsp3) is 0.414. The van der Waals surface area contributed by atoms with Crippen molar-refractivity contribution in [2.45, 2.75) is 57.1 Å². The second-order valence-electron chi connectivity index (χ2n) is 10.9. The number of imidazole rings is 1. The Labute approximate surface area is 250 Å². The molecule has 0 unspecified atom stereocenters. The number of hydrogen-bond donors (Lipinski definition) is 1. The third-order valence-electron chi connectivity index (χ3n) is 8.16. The molecule has 3 aliphatic rings. The molecule has 9 nitrogen and oxygen atoms in total. The number of aromatic carboxylic acids is 1. The zero-order valence-corrected chi connectivity index (χ0v) is 24.6. The van der Waals surface area contributed by atoms with Gasteiger partial charge < -0.3 is 23.9 Å². The smallest absolute Gasteiger partial charge is 0.346 e. The first-order valence-electron chi connectivity index (χ1n) is 13.7. The lowest BCUT2D eigenvalue weighted by molar-refractivity contribution is -0.0721. The van der Waals surface area contributed by atoms with Gasteiger partial charge in [0.2, 0.25) is 0 Å². The molecule has 7 rings (SSSR count). The van der Waals surface area contributed by atoms with Crippen molar-refractivity contribution in [2.24, 2.45) is 0 Å². The summed E-state index contributed by atoms with van der Waals surface area (Å²) in [5, 5.41) is 10.3. The number of likely N-dealkylation sites (tertiary alicyclic amines) is 1. The van der Waals surface area contributed by atoms with Crippen molar-refractivity contribution in [1.29, 1.82) is 0 Å². The van der Waals surface area contributed by atoms with E-state index in [4.69, 9.17) is 42.4 Å². The summed E-state index contributed by atoms with van der Waals surface area (Å²) in [6.45, 7) is 5.79. The number of fused-ring (bicyclic) bond motifs is 2. The Morgan fingerprint density at radius 1 is 1.20 bits per heavy atom. The SMILES string of the molecule is C[C@@]1(c2ncc(Cl)cc2Cl)Oc2cccc(C3CCN(Cc4nc5sc(C(=O)O)cc5n4C[C@@H]4CCO4)CC3)c2O1. The number of rotatable bonds is 7. The Morgan fingerprint density at radius 3 is 2.71 bits per heavy atom. The fourth-order valence-electron chi connectivity index (χ4n) is 5.94. The number of thiophene rings is 1. The normalized spacial score (nSPS) is 22.8. The number of carboxylic acids is 1. The van der Waals surface area contributed by atoms with Crippen molar-refractivity contribution in [1.82, 2.24) is 19.4 Å². The van der Waals surface area contributed by atoms with Crippen LogP contribution in [0, 0.1) is 0 Å². The van der Waals surface area contributed by atoms with E-state index in [-0.39, 0.29) is 6.10 Å². The summed E-state index contributed by atoms with van der Waals surface area (Å²) in [7, 11) is 0. The summed E-state index contributed by atoms with van der Waals surface area (Å²) >= 11 is 13.7.